The van der Waals surface area contributed by atoms with E-state index in [0.717, 1.165) is 32.6 Å². The summed E-state index contributed by atoms with van der Waals surface area (Å²) >= 11 is 6.95. The van der Waals surface area contributed by atoms with Gasteiger partial charge in [-0.15, -0.1) is 0 Å². The van der Waals surface area contributed by atoms with Gasteiger partial charge in [-0.1, -0.05) is 22.0 Å². The summed E-state index contributed by atoms with van der Waals surface area (Å²) in [6.07, 6.45) is 0. The van der Waals surface area contributed by atoms with Crippen molar-refractivity contribution in [2.75, 3.05) is 5.32 Å². The number of nitrogens with one attached hydrogen (secondary N) is 1. The third-order valence-corrected chi connectivity index (χ3v) is 3.49. The van der Waals surface area contributed by atoms with Crippen molar-refractivity contribution in [2.24, 2.45) is 0 Å². The van der Waals surface area contributed by atoms with Crippen LogP contribution in [-0.2, 0) is 6.54 Å². The smallest absolute Gasteiger partial charge is 0.0597 e. The molecule has 0 atom stereocenters. The van der Waals surface area contributed by atoms with Gasteiger partial charge in [0.15, 0.2) is 0 Å². The predicted octanol–water partition coefficient (Wildman–Crippen LogP) is 4.53. The van der Waals surface area contributed by atoms with E-state index < -0.39 is 0 Å². The Labute approximate surface area is 118 Å². The lowest BCUT2D eigenvalue weighted by molar-refractivity contribution is 1.01. The third-order valence-electron chi connectivity index (χ3n) is 2.34. The van der Waals surface area contributed by atoms with Crippen LogP contribution >= 0.6 is 31.9 Å². The van der Waals surface area contributed by atoms with E-state index in [4.69, 9.17) is 0 Å². The van der Waals surface area contributed by atoms with Gasteiger partial charge in [0.05, 0.1) is 12.2 Å². The first-order chi connectivity index (χ1) is 8.15. The molecular formula is C13H12Br2N2. The first kappa shape index (κ1) is 12.6. The summed E-state index contributed by atoms with van der Waals surface area (Å²) < 4.78 is 2.10. The van der Waals surface area contributed by atoms with Crippen LogP contribution < -0.4 is 5.32 Å². The maximum atomic E-state index is 4.45. The SMILES string of the molecule is Cc1cccc(CNc2ccc(Br)cc2Br)n1. The number of rotatable bonds is 3. The molecule has 0 saturated carbocycles. The van der Waals surface area contributed by atoms with Crippen molar-refractivity contribution in [3.8, 4) is 0 Å². The highest BCUT2D eigenvalue weighted by Gasteiger charge is 2.01. The second kappa shape index (κ2) is 5.65. The zero-order valence-corrected chi connectivity index (χ0v) is 12.5. The Morgan fingerprint density at radius 2 is 2.00 bits per heavy atom. The second-order valence-electron chi connectivity index (χ2n) is 3.75. The molecule has 2 aromatic rings. The van der Waals surface area contributed by atoms with E-state index >= 15 is 0 Å². The number of nitrogens with zero attached hydrogens (tertiary/aromatic N) is 1. The minimum atomic E-state index is 0.724. The van der Waals surface area contributed by atoms with E-state index in [1.807, 2.05) is 43.3 Å². The van der Waals surface area contributed by atoms with Gasteiger partial charge < -0.3 is 5.32 Å². The maximum absolute atomic E-state index is 4.45. The molecule has 0 bridgehead atoms. The lowest BCUT2D eigenvalue weighted by atomic mass is 10.3. The van der Waals surface area contributed by atoms with Gasteiger partial charge in [-0.3, -0.25) is 4.98 Å². The number of aryl methyl sites for hydroxylation is 1. The van der Waals surface area contributed by atoms with Crippen LogP contribution in [0.2, 0.25) is 0 Å². The molecule has 0 radical (unpaired) electrons. The van der Waals surface area contributed by atoms with Gasteiger partial charge in [0, 0.05) is 20.3 Å². The molecule has 0 amide bonds. The van der Waals surface area contributed by atoms with Crippen LogP contribution in [0, 0.1) is 6.92 Å². The van der Waals surface area contributed by atoms with Gasteiger partial charge in [0.2, 0.25) is 0 Å². The normalized spacial score (nSPS) is 10.3. The average molecular weight is 356 g/mol. The van der Waals surface area contributed by atoms with Crippen LogP contribution in [-0.4, -0.2) is 4.98 Å². The van der Waals surface area contributed by atoms with Gasteiger partial charge >= 0.3 is 0 Å². The number of halogens is 2. The van der Waals surface area contributed by atoms with E-state index in [-0.39, 0.29) is 0 Å². The molecule has 4 heteroatoms. The van der Waals surface area contributed by atoms with Crippen molar-refractivity contribution in [3.05, 3.63) is 56.7 Å². The number of pyridine rings is 1. The highest BCUT2D eigenvalue weighted by molar-refractivity contribution is 9.11. The Balaban J connectivity index is 2.07. The molecule has 2 nitrogen and oxygen atoms in total. The Morgan fingerprint density at radius 1 is 1.18 bits per heavy atom. The molecule has 88 valence electrons. The monoisotopic (exact) mass is 354 g/mol. The van der Waals surface area contributed by atoms with E-state index in [1.54, 1.807) is 0 Å². The molecule has 0 aliphatic rings. The van der Waals surface area contributed by atoms with Crippen molar-refractivity contribution >= 4 is 37.5 Å². The van der Waals surface area contributed by atoms with Crippen molar-refractivity contribution < 1.29 is 0 Å². The van der Waals surface area contributed by atoms with Crippen LogP contribution in [0.25, 0.3) is 0 Å². The second-order valence-corrected chi connectivity index (χ2v) is 5.52. The molecule has 1 aromatic carbocycles. The number of aromatic nitrogens is 1. The van der Waals surface area contributed by atoms with Crippen molar-refractivity contribution in [1.29, 1.82) is 0 Å². The van der Waals surface area contributed by atoms with Crippen LogP contribution in [0.15, 0.2) is 45.3 Å². The lowest BCUT2D eigenvalue weighted by Crippen LogP contribution is -2.02. The summed E-state index contributed by atoms with van der Waals surface area (Å²) in [6.45, 7) is 2.72. The molecule has 2 rings (SSSR count). The van der Waals surface area contributed by atoms with E-state index in [2.05, 4.69) is 42.2 Å². The summed E-state index contributed by atoms with van der Waals surface area (Å²) in [7, 11) is 0. The molecule has 0 aliphatic carbocycles. The van der Waals surface area contributed by atoms with Crippen molar-refractivity contribution in [2.45, 2.75) is 13.5 Å². The summed E-state index contributed by atoms with van der Waals surface area (Å²) in [5, 5.41) is 3.35. The summed E-state index contributed by atoms with van der Waals surface area (Å²) in [5.41, 5.74) is 3.15. The topological polar surface area (TPSA) is 24.9 Å². The molecular weight excluding hydrogens is 344 g/mol. The Morgan fingerprint density at radius 3 is 2.71 bits per heavy atom. The van der Waals surface area contributed by atoms with Gasteiger partial charge in [-0.2, -0.15) is 0 Å². The lowest BCUT2D eigenvalue weighted by Gasteiger charge is -2.08. The summed E-state index contributed by atoms with van der Waals surface area (Å²) in [4.78, 5) is 4.45. The van der Waals surface area contributed by atoms with Crippen LogP contribution in [0.1, 0.15) is 11.4 Å². The minimum absolute atomic E-state index is 0.724. The predicted molar refractivity (Wildman–Crippen MR) is 78.1 cm³/mol. The van der Waals surface area contributed by atoms with Gasteiger partial charge in [0.25, 0.3) is 0 Å². The third kappa shape index (κ3) is 3.54. The van der Waals surface area contributed by atoms with Crippen LogP contribution in [0.3, 0.4) is 0 Å². The standard InChI is InChI=1S/C13H12Br2N2/c1-9-3-2-4-11(17-9)8-16-13-6-5-10(14)7-12(13)15/h2-7,16H,8H2,1H3. The van der Waals surface area contributed by atoms with Gasteiger partial charge in [-0.05, 0) is 53.2 Å². The Hall–Kier alpha value is -0.870. The fraction of sp³-hybridized carbons (Fsp3) is 0.154. The molecule has 0 unspecified atom stereocenters. The molecule has 0 aliphatic heterocycles. The summed E-state index contributed by atoms with van der Waals surface area (Å²) in [5.74, 6) is 0. The number of hydrogen-bond acceptors (Lipinski definition) is 2. The number of hydrogen-bond donors (Lipinski definition) is 1. The first-order valence-corrected chi connectivity index (χ1v) is 6.85. The van der Waals surface area contributed by atoms with E-state index in [0.29, 0.717) is 0 Å². The molecule has 1 aromatic heterocycles. The van der Waals surface area contributed by atoms with E-state index in [9.17, 15) is 0 Å². The summed E-state index contributed by atoms with van der Waals surface area (Å²) in [6, 6.07) is 12.1. The first-order valence-electron chi connectivity index (χ1n) is 5.26. The Bertz CT molecular complexity index is 527. The minimum Gasteiger partial charge on any atom is -0.378 e. The molecule has 1 heterocycles. The maximum Gasteiger partial charge on any atom is 0.0597 e. The highest BCUT2D eigenvalue weighted by atomic mass is 79.9. The highest BCUT2D eigenvalue weighted by Crippen LogP contribution is 2.26. The zero-order chi connectivity index (χ0) is 12.3. The quantitative estimate of drug-likeness (QED) is 0.875. The fourth-order valence-electron chi connectivity index (χ4n) is 1.52. The molecule has 0 fully saturated rings. The van der Waals surface area contributed by atoms with Crippen molar-refractivity contribution in [1.82, 2.24) is 4.98 Å². The largest absolute Gasteiger partial charge is 0.378 e. The Kier molecular flexibility index (Phi) is 4.18. The zero-order valence-electron chi connectivity index (χ0n) is 9.37. The van der Waals surface area contributed by atoms with Gasteiger partial charge in [-0.25, -0.2) is 0 Å². The van der Waals surface area contributed by atoms with Crippen molar-refractivity contribution in [3.63, 3.8) is 0 Å². The van der Waals surface area contributed by atoms with Crippen LogP contribution in [0.5, 0.6) is 0 Å². The van der Waals surface area contributed by atoms with Gasteiger partial charge in [0.1, 0.15) is 0 Å². The number of anilines is 1. The molecule has 0 saturated heterocycles. The molecule has 0 spiro atoms. The molecule has 1 N–H and O–H groups in total. The molecule has 17 heavy (non-hydrogen) atoms. The van der Waals surface area contributed by atoms with E-state index in [1.165, 1.54) is 0 Å². The van der Waals surface area contributed by atoms with Crippen LogP contribution in [0.4, 0.5) is 5.69 Å². The fourth-order valence-corrected chi connectivity index (χ4v) is 2.70. The average Bonchev–Trinajstić information content (AvgIpc) is 2.28. The number of benzene rings is 1.